The average molecular weight is 432 g/mol. The molecule has 0 aliphatic carbocycles. The Balaban J connectivity index is 1.99. The number of carbonyl (C=O) groups excluding carboxylic acids is 1. The monoisotopic (exact) mass is 431 g/mol. The number of carbonyl (C=O) groups is 1. The molecule has 1 heterocycles. The van der Waals surface area contributed by atoms with Crippen LogP contribution in [0.3, 0.4) is 0 Å². The molecule has 0 aliphatic heterocycles. The Morgan fingerprint density at radius 3 is 1.68 bits per heavy atom. The molecule has 0 radical (unpaired) electrons. The van der Waals surface area contributed by atoms with Crippen molar-refractivity contribution in [1.29, 1.82) is 0 Å². The molecule has 1 aromatic heterocycles. The van der Waals surface area contributed by atoms with Gasteiger partial charge in [-0.2, -0.15) is 0 Å². The summed E-state index contributed by atoms with van der Waals surface area (Å²) in [4.78, 5) is 15.9. The highest BCUT2D eigenvalue weighted by atomic mass is 35.5. The number of rotatable bonds is 7. The Bertz CT molecular complexity index is 1050. The molecule has 1 amide bonds. The highest BCUT2D eigenvalue weighted by Crippen LogP contribution is 2.41. The lowest BCUT2D eigenvalue weighted by molar-refractivity contribution is -0.119. The Morgan fingerprint density at radius 1 is 0.871 bits per heavy atom. The number of primary amides is 1. The molecule has 0 unspecified atom stereocenters. The maximum Gasteiger partial charge on any atom is 0.238 e. The summed E-state index contributed by atoms with van der Waals surface area (Å²) in [5.74, 6) is -0.802. The summed E-state index contributed by atoms with van der Waals surface area (Å²) in [5.41, 5.74) is 7.83. The van der Waals surface area contributed by atoms with E-state index in [1.54, 1.807) is 12.5 Å². The van der Waals surface area contributed by atoms with Crippen molar-refractivity contribution in [3.63, 3.8) is 0 Å². The van der Waals surface area contributed by atoms with Crippen LogP contribution in [0.2, 0.25) is 0 Å². The van der Waals surface area contributed by atoms with Gasteiger partial charge < -0.3 is 15.4 Å². The van der Waals surface area contributed by atoms with Crippen molar-refractivity contribution in [1.82, 2.24) is 9.55 Å². The molecule has 4 aromatic rings. The molecule has 2 atom stereocenters. The Kier molecular flexibility index (Phi) is 5.89. The van der Waals surface area contributed by atoms with E-state index in [1.807, 2.05) is 59.2 Å². The maximum absolute atomic E-state index is 11.5. The second-order valence-corrected chi connectivity index (χ2v) is 7.73. The number of halogens is 1. The summed E-state index contributed by atoms with van der Waals surface area (Å²) in [6.07, 6.45) is 2.05. The third-order valence-corrected chi connectivity index (χ3v) is 5.87. The summed E-state index contributed by atoms with van der Waals surface area (Å²) < 4.78 is 1.94. The molecule has 0 aliphatic rings. The molecule has 0 bridgehead atoms. The Labute approximate surface area is 185 Å². The van der Waals surface area contributed by atoms with Gasteiger partial charge in [0, 0.05) is 6.20 Å². The molecule has 0 spiro atoms. The van der Waals surface area contributed by atoms with E-state index in [1.165, 1.54) is 0 Å². The number of imidazole rings is 1. The normalized spacial score (nSPS) is 13.5. The van der Waals surface area contributed by atoms with Crippen molar-refractivity contribution in [3.05, 3.63) is 126 Å². The number of aliphatic hydroxyl groups excluding tert-OH is 1. The number of hydrogen-bond acceptors (Lipinski definition) is 3. The van der Waals surface area contributed by atoms with E-state index in [4.69, 9.17) is 17.3 Å². The second-order valence-electron chi connectivity index (χ2n) is 7.26. The van der Waals surface area contributed by atoms with Crippen LogP contribution in [-0.4, -0.2) is 25.9 Å². The molecule has 31 heavy (non-hydrogen) atoms. The van der Waals surface area contributed by atoms with Crippen LogP contribution in [0.25, 0.3) is 0 Å². The molecular formula is C25H22ClN3O2. The van der Waals surface area contributed by atoms with Gasteiger partial charge in [0.2, 0.25) is 5.91 Å². The lowest BCUT2D eigenvalue weighted by Gasteiger charge is -2.37. The lowest BCUT2D eigenvalue weighted by atomic mass is 9.77. The number of hydrogen-bond donors (Lipinski definition) is 2. The number of amides is 1. The van der Waals surface area contributed by atoms with Gasteiger partial charge in [0.05, 0.1) is 12.0 Å². The van der Waals surface area contributed by atoms with Crippen LogP contribution in [0.4, 0.5) is 0 Å². The van der Waals surface area contributed by atoms with Gasteiger partial charge in [-0.1, -0.05) is 91.0 Å². The first-order valence-corrected chi connectivity index (χ1v) is 10.3. The summed E-state index contributed by atoms with van der Waals surface area (Å²) in [6, 6.07) is 30.2. The van der Waals surface area contributed by atoms with Gasteiger partial charge >= 0.3 is 0 Å². The molecule has 5 nitrogen and oxygen atoms in total. The Morgan fingerprint density at radius 2 is 1.29 bits per heavy atom. The van der Waals surface area contributed by atoms with Crippen molar-refractivity contribution in [2.45, 2.75) is 17.0 Å². The number of benzene rings is 3. The van der Waals surface area contributed by atoms with Crippen LogP contribution < -0.4 is 5.73 Å². The molecule has 0 fully saturated rings. The summed E-state index contributed by atoms with van der Waals surface area (Å²) in [5, 5.41) is 9.27. The first-order chi connectivity index (χ1) is 15.0. The van der Waals surface area contributed by atoms with Crippen molar-refractivity contribution in [2.75, 3.05) is 0 Å². The van der Waals surface area contributed by atoms with E-state index in [9.17, 15) is 9.90 Å². The third-order valence-electron chi connectivity index (χ3n) is 5.42. The minimum Gasteiger partial charge on any atom is -0.385 e. The molecule has 3 aromatic carbocycles. The van der Waals surface area contributed by atoms with Gasteiger partial charge in [-0.05, 0) is 16.7 Å². The standard InChI is InChI=1S/C25H22ClN3O2/c26-22(24(27)31)23(30)21-16-29(17-28-21)25(18-10-4-1-5-11-18,19-12-6-2-7-13-19)20-14-8-3-9-15-20/h1-17,22-23,30H,(H2,27,31)/t22-,23+/m1/s1. The smallest absolute Gasteiger partial charge is 0.238 e. The maximum atomic E-state index is 11.5. The third kappa shape index (κ3) is 3.74. The van der Waals surface area contributed by atoms with Gasteiger partial charge in [-0.25, -0.2) is 4.98 Å². The van der Waals surface area contributed by atoms with Crippen LogP contribution in [-0.2, 0) is 10.3 Å². The van der Waals surface area contributed by atoms with E-state index in [0.717, 1.165) is 16.7 Å². The van der Waals surface area contributed by atoms with Gasteiger partial charge in [-0.15, -0.1) is 11.6 Å². The number of alkyl halides is 1. The molecule has 156 valence electrons. The summed E-state index contributed by atoms with van der Waals surface area (Å²) >= 11 is 6.00. The van der Waals surface area contributed by atoms with Crippen LogP contribution in [0.5, 0.6) is 0 Å². The predicted molar refractivity (Wildman–Crippen MR) is 121 cm³/mol. The average Bonchev–Trinajstić information content (AvgIpc) is 3.31. The number of nitrogens with two attached hydrogens (primary N) is 1. The summed E-state index contributed by atoms with van der Waals surface area (Å²) in [6.45, 7) is 0. The zero-order valence-corrected chi connectivity index (χ0v) is 17.4. The highest BCUT2D eigenvalue weighted by Gasteiger charge is 2.39. The van der Waals surface area contributed by atoms with E-state index in [0.29, 0.717) is 0 Å². The molecule has 4 rings (SSSR count). The van der Waals surface area contributed by atoms with Gasteiger partial charge in [-0.3, -0.25) is 4.79 Å². The second kappa shape index (κ2) is 8.76. The minimum atomic E-state index is -1.32. The van der Waals surface area contributed by atoms with Crippen molar-refractivity contribution >= 4 is 17.5 Å². The van der Waals surface area contributed by atoms with Crippen molar-refractivity contribution < 1.29 is 9.90 Å². The van der Waals surface area contributed by atoms with E-state index < -0.39 is 22.9 Å². The van der Waals surface area contributed by atoms with Crippen LogP contribution in [0, 0.1) is 0 Å². The quantitative estimate of drug-likeness (QED) is 0.344. The first-order valence-electron chi connectivity index (χ1n) is 9.87. The van der Waals surface area contributed by atoms with Crippen molar-refractivity contribution in [3.8, 4) is 0 Å². The fraction of sp³-hybridized carbons (Fsp3) is 0.120. The molecule has 3 N–H and O–H groups in total. The largest absolute Gasteiger partial charge is 0.385 e. The van der Waals surface area contributed by atoms with E-state index in [2.05, 4.69) is 41.4 Å². The zero-order chi connectivity index (χ0) is 21.8. The molecule has 0 saturated heterocycles. The Hall–Kier alpha value is -3.41. The van der Waals surface area contributed by atoms with Crippen molar-refractivity contribution in [2.24, 2.45) is 5.73 Å². The fourth-order valence-electron chi connectivity index (χ4n) is 3.96. The van der Waals surface area contributed by atoms with Gasteiger partial charge in [0.1, 0.15) is 17.0 Å². The number of nitrogens with zero attached hydrogens (tertiary/aromatic N) is 2. The fourth-order valence-corrected chi connectivity index (χ4v) is 4.09. The van der Waals surface area contributed by atoms with Crippen LogP contribution >= 0.6 is 11.6 Å². The van der Waals surface area contributed by atoms with Gasteiger partial charge in [0.25, 0.3) is 0 Å². The molecule has 0 saturated carbocycles. The predicted octanol–water partition coefficient (Wildman–Crippen LogP) is 3.85. The number of aliphatic hydroxyl groups is 1. The first kappa shape index (κ1) is 20.8. The topological polar surface area (TPSA) is 81.1 Å². The summed E-state index contributed by atoms with van der Waals surface area (Å²) in [7, 11) is 0. The molecule has 6 heteroatoms. The number of aromatic nitrogens is 2. The van der Waals surface area contributed by atoms with Gasteiger partial charge in [0.15, 0.2) is 0 Å². The van der Waals surface area contributed by atoms with E-state index >= 15 is 0 Å². The zero-order valence-electron chi connectivity index (χ0n) is 16.7. The van der Waals surface area contributed by atoms with Crippen LogP contribution in [0.15, 0.2) is 104 Å². The SMILES string of the molecule is NC(=O)[C@H](Cl)[C@@H](O)c1cn(C(c2ccccc2)(c2ccccc2)c2ccccc2)cn1. The molecular weight excluding hydrogens is 410 g/mol. The lowest BCUT2D eigenvalue weighted by Crippen LogP contribution is -2.37. The van der Waals surface area contributed by atoms with E-state index in [-0.39, 0.29) is 5.69 Å². The van der Waals surface area contributed by atoms with Crippen LogP contribution in [0.1, 0.15) is 28.5 Å². The minimum absolute atomic E-state index is 0.269. The highest BCUT2D eigenvalue weighted by molar-refractivity contribution is 6.31.